The molecule has 1 aromatic rings. The van der Waals surface area contributed by atoms with E-state index in [4.69, 9.17) is 5.73 Å². The third-order valence-electron chi connectivity index (χ3n) is 1.46. The Morgan fingerprint density at radius 1 is 1.38 bits per heavy atom. The Balaban J connectivity index is 2.25. The van der Waals surface area contributed by atoms with Gasteiger partial charge in [-0.3, -0.25) is 0 Å². The second-order valence-electron chi connectivity index (χ2n) is 2.46. The second kappa shape index (κ2) is 6.16. The maximum Gasteiger partial charge on any atom is 0.123 e. The minimum Gasteiger partial charge on any atom is -0.384 e. The molecule has 2 N–H and O–H groups in total. The van der Waals surface area contributed by atoms with Crippen LogP contribution >= 0.6 is 23.5 Å². The molecule has 1 heterocycles. The molecule has 0 saturated carbocycles. The number of hydrogen-bond donors (Lipinski definition) is 1. The minimum atomic E-state index is 0.590. The molecule has 13 heavy (non-hydrogen) atoms. The number of aromatic nitrogens is 1. The summed E-state index contributed by atoms with van der Waals surface area (Å²) >= 11 is 3.79. The largest absolute Gasteiger partial charge is 0.384 e. The highest BCUT2D eigenvalue weighted by Crippen LogP contribution is 2.18. The molecule has 0 saturated heterocycles. The Hall–Kier alpha value is -0.350. The van der Waals surface area contributed by atoms with Crippen LogP contribution in [0.5, 0.6) is 0 Å². The molecule has 0 bridgehead atoms. The minimum absolute atomic E-state index is 0.590. The lowest BCUT2D eigenvalue weighted by Crippen LogP contribution is -1.89. The van der Waals surface area contributed by atoms with Crippen LogP contribution in [-0.2, 0) is 0 Å². The first-order valence-electron chi connectivity index (χ1n) is 4.25. The lowest BCUT2D eigenvalue weighted by Gasteiger charge is -2.00. The predicted molar refractivity (Wildman–Crippen MR) is 62.4 cm³/mol. The summed E-state index contributed by atoms with van der Waals surface area (Å²) in [5.41, 5.74) is 5.48. The fourth-order valence-electron chi connectivity index (χ4n) is 0.840. The van der Waals surface area contributed by atoms with E-state index in [9.17, 15) is 0 Å². The first-order chi connectivity index (χ1) is 6.33. The summed E-state index contributed by atoms with van der Waals surface area (Å²) in [5, 5.41) is 0. The number of rotatable bonds is 5. The fourth-order valence-corrected chi connectivity index (χ4v) is 2.46. The molecule has 1 aromatic heterocycles. The Morgan fingerprint density at radius 2 is 2.23 bits per heavy atom. The van der Waals surface area contributed by atoms with Crippen LogP contribution in [-0.4, -0.2) is 22.2 Å². The third kappa shape index (κ3) is 4.43. The van der Waals surface area contributed by atoms with Crippen LogP contribution in [0.15, 0.2) is 23.2 Å². The van der Waals surface area contributed by atoms with Crippen LogP contribution in [0.4, 0.5) is 5.82 Å². The van der Waals surface area contributed by atoms with Crippen LogP contribution < -0.4 is 5.73 Å². The molecule has 0 aliphatic carbocycles. The quantitative estimate of drug-likeness (QED) is 0.604. The van der Waals surface area contributed by atoms with Crippen molar-refractivity contribution in [1.82, 2.24) is 4.98 Å². The lowest BCUT2D eigenvalue weighted by molar-refractivity contribution is 1.24. The molecule has 0 atom stereocenters. The monoisotopic (exact) mass is 214 g/mol. The van der Waals surface area contributed by atoms with E-state index < -0.39 is 0 Å². The maximum absolute atomic E-state index is 5.48. The summed E-state index contributed by atoms with van der Waals surface area (Å²) in [5.74, 6) is 4.13. The number of hydrogen-bond acceptors (Lipinski definition) is 4. The molecule has 0 fully saturated rings. The van der Waals surface area contributed by atoms with Crippen molar-refractivity contribution in [3.8, 4) is 0 Å². The van der Waals surface area contributed by atoms with Crippen molar-refractivity contribution in [3.05, 3.63) is 18.3 Å². The van der Waals surface area contributed by atoms with Crippen LogP contribution in [0.1, 0.15) is 6.92 Å². The molecule has 0 amide bonds. The Labute approximate surface area is 87.7 Å². The molecule has 4 heteroatoms. The van der Waals surface area contributed by atoms with Crippen molar-refractivity contribution in [1.29, 1.82) is 0 Å². The molecule has 72 valence electrons. The number of pyridine rings is 1. The number of nitrogens with zero attached hydrogens (tertiary/aromatic N) is 1. The van der Waals surface area contributed by atoms with E-state index in [1.54, 1.807) is 0 Å². The second-order valence-corrected chi connectivity index (χ2v) is 5.03. The first-order valence-corrected chi connectivity index (χ1v) is 6.39. The van der Waals surface area contributed by atoms with Crippen LogP contribution in [0, 0.1) is 0 Å². The van der Waals surface area contributed by atoms with E-state index in [-0.39, 0.29) is 0 Å². The number of thioether (sulfide) groups is 2. The van der Waals surface area contributed by atoms with E-state index in [0.717, 1.165) is 5.75 Å². The van der Waals surface area contributed by atoms with Gasteiger partial charge in [-0.05, 0) is 17.9 Å². The van der Waals surface area contributed by atoms with Crippen molar-refractivity contribution in [2.24, 2.45) is 0 Å². The Morgan fingerprint density at radius 3 is 2.85 bits per heavy atom. The fraction of sp³-hybridized carbons (Fsp3) is 0.444. The van der Waals surface area contributed by atoms with Gasteiger partial charge < -0.3 is 5.73 Å². The van der Waals surface area contributed by atoms with Crippen LogP contribution in [0.3, 0.4) is 0 Å². The van der Waals surface area contributed by atoms with E-state index in [1.807, 2.05) is 41.9 Å². The van der Waals surface area contributed by atoms with Crippen molar-refractivity contribution in [3.63, 3.8) is 0 Å². The molecule has 2 nitrogen and oxygen atoms in total. The van der Waals surface area contributed by atoms with Gasteiger partial charge in [0.2, 0.25) is 0 Å². The molecule has 0 aliphatic rings. The predicted octanol–water partition coefficient (Wildman–Crippen LogP) is 2.51. The van der Waals surface area contributed by atoms with Crippen molar-refractivity contribution < 1.29 is 0 Å². The summed E-state index contributed by atoms with van der Waals surface area (Å²) < 4.78 is 0. The standard InChI is InChI=1S/C9H14N2S2/c1-2-12-5-6-13-8-3-4-9(10)11-7-8/h3-4,7H,2,5-6H2,1H3,(H2,10,11). The number of anilines is 1. The molecular formula is C9H14N2S2. The van der Waals surface area contributed by atoms with Gasteiger partial charge >= 0.3 is 0 Å². The van der Waals surface area contributed by atoms with Crippen molar-refractivity contribution in [2.75, 3.05) is 23.0 Å². The van der Waals surface area contributed by atoms with Crippen LogP contribution in [0.25, 0.3) is 0 Å². The van der Waals surface area contributed by atoms with E-state index >= 15 is 0 Å². The summed E-state index contributed by atoms with van der Waals surface area (Å²) in [7, 11) is 0. The van der Waals surface area contributed by atoms with Gasteiger partial charge in [0.15, 0.2) is 0 Å². The van der Waals surface area contributed by atoms with Crippen molar-refractivity contribution in [2.45, 2.75) is 11.8 Å². The summed E-state index contributed by atoms with van der Waals surface area (Å²) in [6.07, 6.45) is 1.83. The SMILES string of the molecule is CCSCCSc1ccc(N)nc1. The first kappa shape index (κ1) is 10.7. The Kier molecular flexibility index (Phi) is 5.08. The average molecular weight is 214 g/mol. The lowest BCUT2D eigenvalue weighted by atomic mass is 10.5. The zero-order valence-electron chi connectivity index (χ0n) is 7.69. The normalized spacial score (nSPS) is 10.2. The van der Waals surface area contributed by atoms with Gasteiger partial charge in [0.25, 0.3) is 0 Å². The average Bonchev–Trinajstić information content (AvgIpc) is 2.15. The zero-order chi connectivity index (χ0) is 9.52. The topological polar surface area (TPSA) is 38.9 Å². The highest BCUT2D eigenvalue weighted by atomic mass is 32.2. The van der Waals surface area contributed by atoms with Crippen molar-refractivity contribution >= 4 is 29.3 Å². The maximum atomic E-state index is 5.48. The van der Waals surface area contributed by atoms with Gasteiger partial charge in [-0.1, -0.05) is 6.92 Å². The van der Waals surface area contributed by atoms with Gasteiger partial charge in [0.05, 0.1) is 0 Å². The van der Waals surface area contributed by atoms with Gasteiger partial charge in [0.1, 0.15) is 5.82 Å². The molecule has 0 radical (unpaired) electrons. The number of nitrogens with two attached hydrogens (primary N) is 1. The molecule has 0 spiro atoms. The molecule has 0 aliphatic heterocycles. The summed E-state index contributed by atoms with van der Waals surface area (Å²) in [6, 6.07) is 3.86. The third-order valence-corrected chi connectivity index (χ3v) is 3.60. The Bertz CT molecular complexity index is 236. The highest BCUT2D eigenvalue weighted by molar-refractivity contribution is 8.02. The highest BCUT2D eigenvalue weighted by Gasteiger charge is 1.94. The molecule has 0 unspecified atom stereocenters. The zero-order valence-corrected chi connectivity index (χ0v) is 9.33. The van der Waals surface area contributed by atoms with E-state index in [1.165, 1.54) is 16.4 Å². The van der Waals surface area contributed by atoms with Gasteiger partial charge in [-0.15, -0.1) is 11.8 Å². The molecule has 0 aromatic carbocycles. The summed E-state index contributed by atoms with van der Waals surface area (Å²) in [6.45, 7) is 2.18. The number of nitrogen functional groups attached to an aromatic ring is 1. The van der Waals surface area contributed by atoms with E-state index in [0.29, 0.717) is 5.82 Å². The van der Waals surface area contributed by atoms with Gasteiger partial charge in [0, 0.05) is 22.6 Å². The van der Waals surface area contributed by atoms with Gasteiger partial charge in [-0.25, -0.2) is 4.98 Å². The molecular weight excluding hydrogens is 200 g/mol. The van der Waals surface area contributed by atoms with E-state index in [2.05, 4.69) is 11.9 Å². The van der Waals surface area contributed by atoms with Gasteiger partial charge in [-0.2, -0.15) is 11.8 Å². The van der Waals surface area contributed by atoms with Crippen LogP contribution in [0.2, 0.25) is 0 Å². The summed E-state index contributed by atoms with van der Waals surface area (Å²) in [4.78, 5) is 5.23. The molecule has 1 rings (SSSR count). The smallest absolute Gasteiger partial charge is 0.123 e.